The van der Waals surface area contributed by atoms with Gasteiger partial charge in [0, 0.05) is 6.54 Å². The fourth-order valence-electron chi connectivity index (χ4n) is 4.10. The number of hydrogen-bond acceptors (Lipinski definition) is 1. The molecule has 1 heteroatoms. The van der Waals surface area contributed by atoms with Gasteiger partial charge in [-0.05, 0) is 60.6 Å². The zero-order valence-corrected chi connectivity index (χ0v) is 15.3. The van der Waals surface area contributed by atoms with Crippen LogP contribution in [0.5, 0.6) is 0 Å². The van der Waals surface area contributed by atoms with Gasteiger partial charge in [0.2, 0.25) is 0 Å². The van der Waals surface area contributed by atoms with Crippen molar-refractivity contribution in [2.45, 2.75) is 31.7 Å². The lowest BCUT2D eigenvalue weighted by Crippen LogP contribution is -2.26. The molecule has 0 amide bonds. The van der Waals surface area contributed by atoms with Crippen LogP contribution in [0.2, 0.25) is 0 Å². The maximum absolute atomic E-state index is 2.49. The summed E-state index contributed by atoms with van der Waals surface area (Å²) in [5.41, 5.74) is 4.31. The number of allylic oxidation sites excluding steroid dienone is 4. The summed E-state index contributed by atoms with van der Waals surface area (Å²) in [6.45, 7) is 1.12. The summed E-state index contributed by atoms with van der Waals surface area (Å²) in [5, 5.41) is 0. The molecule has 2 atom stereocenters. The zero-order valence-electron chi connectivity index (χ0n) is 15.3. The first-order chi connectivity index (χ1) is 12.9. The number of rotatable bonds is 5. The van der Waals surface area contributed by atoms with Crippen molar-refractivity contribution < 1.29 is 0 Å². The van der Waals surface area contributed by atoms with Crippen LogP contribution in [0.1, 0.15) is 42.9 Å². The molecular formula is C25H27N. The van der Waals surface area contributed by atoms with Crippen molar-refractivity contribution in [1.29, 1.82) is 0 Å². The quantitative estimate of drug-likeness (QED) is 0.609. The molecule has 0 N–H and O–H groups in total. The molecule has 0 bridgehead atoms. The highest BCUT2D eigenvalue weighted by Crippen LogP contribution is 2.33. The van der Waals surface area contributed by atoms with Crippen LogP contribution in [0.25, 0.3) is 5.57 Å². The van der Waals surface area contributed by atoms with Gasteiger partial charge in [0.05, 0.1) is 6.04 Å². The van der Waals surface area contributed by atoms with Crippen LogP contribution in [0.15, 0.2) is 91.2 Å². The van der Waals surface area contributed by atoms with Gasteiger partial charge < -0.3 is 4.90 Å². The van der Waals surface area contributed by atoms with Crippen molar-refractivity contribution in [3.05, 3.63) is 102 Å². The van der Waals surface area contributed by atoms with E-state index in [0.717, 1.165) is 12.5 Å². The second-order valence-electron chi connectivity index (χ2n) is 7.34. The van der Waals surface area contributed by atoms with E-state index < -0.39 is 0 Å². The summed E-state index contributed by atoms with van der Waals surface area (Å²) in [6.07, 6.45) is 16.4. The first-order valence-corrected chi connectivity index (χ1v) is 9.80. The van der Waals surface area contributed by atoms with Crippen LogP contribution in [0.3, 0.4) is 0 Å². The first kappa shape index (κ1) is 16.9. The summed E-state index contributed by atoms with van der Waals surface area (Å²) >= 11 is 0. The van der Waals surface area contributed by atoms with Gasteiger partial charge in [-0.1, -0.05) is 78.9 Å². The molecule has 0 saturated carbocycles. The van der Waals surface area contributed by atoms with E-state index in [2.05, 4.69) is 96.1 Å². The third-order valence-electron chi connectivity index (χ3n) is 5.64. The first-order valence-electron chi connectivity index (χ1n) is 9.80. The molecule has 1 nitrogen and oxygen atoms in total. The minimum Gasteiger partial charge on any atom is -0.367 e. The van der Waals surface area contributed by atoms with Crippen LogP contribution in [-0.2, 0) is 0 Å². The van der Waals surface area contributed by atoms with Crippen LogP contribution >= 0.6 is 0 Å². The van der Waals surface area contributed by atoms with Crippen molar-refractivity contribution >= 4 is 5.57 Å². The van der Waals surface area contributed by atoms with E-state index in [1.54, 1.807) is 0 Å². The molecule has 2 aromatic rings. The Bertz CT molecular complexity index is 785. The van der Waals surface area contributed by atoms with Crippen molar-refractivity contribution in [2.24, 2.45) is 5.92 Å². The van der Waals surface area contributed by atoms with Crippen LogP contribution in [0, 0.1) is 5.92 Å². The van der Waals surface area contributed by atoms with E-state index >= 15 is 0 Å². The molecule has 2 unspecified atom stereocenters. The summed E-state index contributed by atoms with van der Waals surface area (Å²) in [6, 6.07) is 22.1. The fraction of sp³-hybridized carbons (Fsp3) is 0.280. The molecule has 1 heterocycles. The van der Waals surface area contributed by atoms with Gasteiger partial charge in [-0.25, -0.2) is 0 Å². The normalized spacial score (nSPS) is 22.3. The smallest absolute Gasteiger partial charge is 0.0724 e. The van der Waals surface area contributed by atoms with Gasteiger partial charge in [-0.3, -0.25) is 0 Å². The van der Waals surface area contributed by atoms with E-state index in [0.29, 0.717) is 6.04 Å². The SMILES string of the molecule is C1=CC(c2ccccc2)N(CCC2CC=C(c3ccccc3)CC2)C=C1. The van der Waals surface area contributed by atoms with E-state index in [1.807, 2.05) is 0 Å². The second-order valence-corrected chi connectivity index (χ2v) is 7.34. The molecule has 2 aromatic carbocycles. The van der Waals surface area contributed by atoms with Gasteiger partial charge in [0.25, 0.3) is 0 Å². The number of nitrogens with zero attached hydrogens (tertiary/aromatic N) is 1. The highest BCUT2D eigenvalue weighted by atomic mass is 15.1. The Hall–Kier alpha value is -2.54. The summed E-state index contributed by atoms with van der Waals surface area (Å²) in [7, 11) is 0. The monoisotopic (exact) mass is 341 g/mol. The summed E-state index contributed by atoms with van der Waals surface area (Å²) < 4.78 is 0. The van der Waals surface area contributed by atoms with Crippen LogP contribution in [0.4, 0.5) is 0 Å². The van der Waals surface area contributed by atoms with Crippen molar-refractivity contribution in [2.75, 3.05) is 6.54 Å². The summed E-state index contributed by atoms with van der Waals surface area (Å²) in [5.74, 6) is 0.804. The minimum absolute atomic E-state index is 0.375. The lowest BCUT2D eigenvalue weighted by molar-refractivity contribution is 0.283. The van der Waals surface area contributed by atoms with Gasteiger partial charge in [0.15, 0.2) is 0 Å². The number of hydrogen-bond donors (Lipinski definition) is 0. The standard InChI is InChI=1S/C25H27N/c1-3-9-22(10-4-1)23-16-14-21(15-17-23)18-20-26-19-8-7-13-25(26)24-11-5-2-6-12-24/h1-13,16,19,21,25H,14-15,17-18,20H2. The predicted octanol–water partition coefficient (Wildman–Crippen LogP) is 6.39. The average Bonchev–Trinajstić information content (AvgIpc) is 2.74. The maximum atomic E-state index is 2.49. The Morgan fingerprint density at radius 3 is 2.38 bits per heavy atom. The molecule has 0 aromatic heterocycles. The zero-order chi connectivity index (χ0) is 17.6. The van der Waals surface area contributed by atoms with Crippen LogP contribution < -0.4 is 0 Å². The molecule has 26 heavy (non-hydrogen) atoms. The molecule has 0 spiro atoms. The van der Waals surface area contributed by atoms with Gasteiger partial charge in [0.1, 0.15) is 0 Å². The second kappa shape index (κ2) is 8.23. The third-order valence-corrected chi connectivity index (χ3v) is 5.64. The molecule has 1 aliphatic carbocycles. The van der Waals surface area contributed by atoms with E-state index in [-0.39, 0.29) is 0 Å². The fourth-order valence-corrected chi connectivity index (χ4v) is 4.10. The van der Waals surface area contributed by atoms with E-state index in [9.17, 15) is 0 Å². The minimum atomic E-state index is 0.375. The lowest BCUT2D eigenvalue weighted by Gasteiger charge is -2.32. The third kappa shape index (κ3) is 3.99. The van der Waals surface area contributed by atoms with Crippen molar-refractivity contribution in [1.82, 2.24) is 4.90 Å². The molecule has 0 saturated heterocycles. The number of benzene rings is 2. The molecular weight excluding hydrogens is 314 g/mol. The Kier molecular flexibility index (Phi) is 5.35. The van der Waals surface area contributed by atoms with Gasteiger partial charge in [-0.15, -0.1) is 0 Å². The van der Waals surface area contributed by atoms with Crippen molar-refractivity contribution in [3.8, 4) is 0 Å². The Labute approximate surface area is 157 Å². The highest BCUT2D eigenvalue weighted by molar-refractivity contribution is 5.66. The largest absolute Gasteiger partial charge is 0.367 e. The lowest BCUT2D eigenvalue weighted by atomic mass is 9.84. The molecule has 0 fully saturated rings. The van der Waals surface area contributed by atoms with E-state index in [1.165, 1.54) is 42.4 Å². The Morgan fingerprint density at radius 1 is 0.885 bits per heavy atom. The molecule has 132 valence electrons. The molecule has 0 radical (unpaired) electrons. The molecule has 2 aliphatic rings. The van der Waals surface area contributed by atoms with Gasteiger partial charge >= 0.3 is 0 Å². The van der Waals surface area contributed by atoms with Crippen molar-refractivity contribution in [3.63, 3.8) is 0 Å². The highest BCUT2D eigenvalue weighted by Gasteiger charge is 2.20. The molecule has 4 rings (SSSR count). The van der Waals surface area contributed by atoms with E-state index in [4.69, 9.17) is 0 Å². The topological polar surface area (TPSA) is 3.24 Å². The van der Waals surface area contributed by atoms with Gasteiger partial charge in [-0.2, -0.15) is 0 Å². The predicted molar refractivity (Wildman–Crippen MR) is 111 cm³/mol. The Morgan fingerprint density at radius 2 is 1.65 bits per heavy atom. The molecule has 1 aliphatic heterocycles. The maximum Gasteiger partial charge on any atom is 0.0724 e. The average molecular weight is 341 g/mol. The van der Waals surface area contributed by atoms with Crippen LogP contribution in [-0.4, -0.2) is 11.4 Å². The summed E-state index contributed by atoms with van der Waals surface area (Å²) in [4.78, 5) is 2.49. The Balaban J connectivity index is 1.35.